The SMILES string of the molecule is C=C(C)/C(C)=C(CCC(C)C)/C(C)=C/c1cc(C)c(C(=C)C)s1. The Bertz CT molecular complexity index is 648. The molecule has 0 atom stereocenters. The van der Waals surface area contributed by atoms with E-state index in [2.05, 4.69) is 73.8 Å². The Morgan fingerprint density at radius 3 is 2.22 bits per heavy atom. The lowest BCUT2D eigenvalue weighted by Crippen LogP contribution is -1.96. The summed E-state index contributed by atoms with van der Waals surface area (Å²) in [6.07, 6.45) is 4.66. The number of hydrogen-bond donors (Lipinski definition) is 0. The van der Waals surface area contributed by atoms with Crippen molar-refractivity contribution in [3.8, 4) is 0 Å². The van der Waals surface area contributed by atoms with Gasteiger partial charge in [-0.25, -0.2) is 0 Å². The molecule has 0 radical (unpaired) electrons. The molecule has 0 saturated heterocycles. The van der Waals surface area contributed by atoms with Crippen LogP contribution in [0.4, 0.5) is 0 Å². The average molecular weight is 329 g/mol. The summed E-state index contributed by atoms with van der Waals surface area (Å²) in [5.41, 5.74) is 7.80. The number of thiophene rings is 1. The molecule has 0 bridgehead atoms. The van der Waals surface area contributed by atoms with Crippen LogP contribution in [0.3, 0.4) is 0 Å². The molecule has 126 valence electrons. The van der Waals surface area contributed by atoms with Crippen molar-refractivity contribution in [2.45, 2.75) is 61.3 Å². The summed E-state index contributed by atoms with van der Waals surface area (Å²) in [6, 6.07) is 2.27. The average Bonchev–Trinajstić information content (AvgIpc) is 2.79. The first-order chi connectivity index (χ1) is 10.6. The standard InChI is InChI=1S/C22H32S/c1-14(2)10-11-21(19(9)15(3)4)17(7)12-20-13-18(8)22(23-20)16(5)6/h12-14H,3,5,10-11H2,1-2,4,6-9H3/b17-12+,21-19+. The van der Waals surface area contributed by atoms with E-state index in [0.717, 1.165) is 17.9 Å². The molecule has 0 N–H and O–H groups in total. The highest BCUT2D eigenvalue weighted by Crippen LogP contribution is 2.32. The van der Waals surface area contributed by atoms with E-state index in [9.17, 15) is 0 Å². The quantitative estimate of drug-likeness (QED) is 0.447. The van der Waals surface area contributed by atoms with Crippen molar-refractivity contribution >= 4 is 23.0 Å². The second kappa shape index (κ2) is 8.49. The van der Waals surface area contributed by atoms with E-state index in [-0.39, 0.29) is 0 Å². The molecule has 0 unspecified atom stereocenters. The van der Waals surface area contributed by atoms with E-state index >= 15 is 0 Å². The molecule has 0 aliphatic carbocycles. The Balaban J connectivity index is 3.20. The summed E-state index contributed by atoms with van der Waals surface area (Å²) < 4.78 is 0. The molecule has 0 aliphatic rings. The van der Waals surface area contributed by atoms with Crippen molar-refractivity contribution in [1.29, 1.82) is 0 Å². The fraction of sp³-hybridized carbons (Fsp3) is 0.455. The van der Waals surface area contributed by atoms with Crippen LogP contribution in [0.1, 0.15) is 69.7 Å². The van der Waals surface area contributed by atoms with Crippen LogP contribution >= 0.6 is 11.3 Å². The molecular weight excluding hydrogens is 296 g/mol. The molecule has 0 fully saturated rings. The van der Waals surface area contributed by atoms with E-state index in [1.165, 1.54) is 44.0 Å². The zero-order valence-corrected chi connectivity index (χ0v) is 16.8. The van der Waals surface area contributed by atoms with Gasteiger partial charge in [-0.3, -0.25) is 0 Å². The van der Waals surface area contributed by atoms with Crippen LogP contribution in [0.5, 0.6) is 0 Å². The highest BCUT2D eigenvalue weighted by molar-refractivity contribution is 7.14. The first-order valence-corrected chi connectivity index (χ1v) is 9.25. The van der Waals surface area contributed by atoms with E-state index in [1.54, 1.807) is 0 Å². The summed E-state index contributed by atoms with van der Waals surface area (Å²) in [5.74, 6) is 0.717. The van der Waals surface area contributed by atoms with Gasteiger partial charge in [0.25, 0.3) is 0 Å². The van der Waals surface area contributed by atoms with Gasteiger partial charge in [0, 0.05) is 9.75 Å². The highest BCUT2D eigenvalue weighted by atomic mass is 32.1. The van der Waals surface area contributed by atoms with Crippen molar-refractivity contribution in [1.82, 2.24) is 0 Å². The monoisotopic (exact) mass is 328 g/mol. The predicted octanol–water partition coefficient (Wildman–Crippen LogP) is 7.82. The third kappa shape index (κ3) is 5.66. The molecule has 1 heteroatoms. The summed E-state index contributed by atoms with van der Waals surface area (Å²) in [7, 11) is 0. The van der Waals surface area contributed by atoms with Crippen molar-refractivity contribution in [3.05, 3.63) is 56.8 Å². The molecular formula is C22H32S. The third-order valence-corrected chi connectivity index (χ3v) is 5.57. The molecule has 23 heavy (non-hydrogen) atoms. The lowest BCUT2D eigenvalue weighted by Gasteiger charge is -2.15. The minimum atomic E-state index is 0.717. The van der Waals surface area contributed by atoms with Gasteiger partial charge in [-0.2, -0.15) is 0 Å². The van der Waals surface area contributed by atoms with Gasteiger partial charge in [0.1, 0.15) is 0 Å². The fourth-order valence-corrected chi connectivity index (χ4v) is 3.77. The van der Waals surface area contributed by atoms with Gasteiger partial charge >= 0.3 is 0 Å². The predicted molar refractivity (Wildman–Crippen MR) is 109 cm³/mol. The van der Waals surface area contributed by atoms with E-state index in [4.69, 9.17) is 0 Å². The molecule has 0 saturated carbocycles. The Kier molecular flexibility index (Phi) is 7.28. The van der Waals surface area contributed by atoms with Crippen LogP contribution in [-0.2, 0) is 0 Å². The Hall–Kier alpha value is -1.34. The van der Waals surface area contributed by atoms with Crippen LogP contribution < -0.4 is 0 Å². The van der Waals surface area contributed by atoms with E-state index in [1.807, 2.05) is 11.3 Å². The van der Waals surface area contributed by atoms with Crippen molar-refractivity contribution in [3.63, 3.8) is 0 Å². The second-order valence-electron chi connectivity index (χ2n) is 7.08. The minimum Gasteiger partial charge on any atom is -0.136 e. The first-order valence-electron chi connectivity index (χ1n) is 8.44. The Labute approximate surface area is 147 Å². The van der Waals surface area contributed by atoms with Crippen molar-refractivity contribution in [2.75, 3.05) is 0 Å². The Morgan fingerprint density at radius 2 is 1.78 bits per heavy atom. The summed E-state index contributed by atoms with van der Waals surface area (Å²) in [5, 5.41) is 0. The molecule has 0 aromatic carbocycles. The van der Waals surface area contributed by atoms with Gasteiger partial charge in [-0.15, -0.1) is 11.3 Å². The van der Waals surface area contributed by atoms with E-state index < -0.39 is 0 Å². The van der Waals surface area contributed by atoms with Gasteiger partial charge in [0.15, 0.2) is 0 Å². The maximum absolute atomic E-state index is 4.14. The fourth-order valence-electron chi connectivity index (χ4n) is 2.67. The van der Waals surface area contributed by atoms with E-state index in [0.29, 0.717) is 0 Å². The summed E-state index contributed by atoms with van der Waals surface area (Å²) in [6.45, 7) is 23.6. The number of aryl methyl sites for hydroxylation is 1. The maximum Gasteiger partial charge on any atom is 0.0329 e. The van der Waals surface area contributed by atoms with Crippen molar-refractivity contribution in [2.24, 2.45) is 5.92 Å². The molecule has 1 heterocycles. The molecule has 1 rings (SSSR count). The second-order valence-corrected chi connectivity index (χ2v) is 8.17. The number of hydrogen-bond acceptors (Lipinski definition) is 1. The zero-order chi connectivity index (χ0) is 17.7. The molecule has 0 aliphatic heterocycles. The molecule has 0 nitrogen and oxygen atoms in total. The Morgan fingerprint density at radius 1 is 1.17 bits per heavy atom. The lowest BCUT2D eigenvalue weighted by atomic mass is 9.91. The van der Waals surface area contributed by atoms with Gasteiger partial charge < -0.3 is 0 Å². The van der Waals surface area contributed by atoms with Crippen LogP contribution in [0.2, 0.25) is 0 Å². The summed E-state index contributed by atoms with van der Waals surface area (Å²) >= 11 is 1.84. The first kappa shape index (κ1) is 19.7. The third-order valence-electron chi connectivity index (χ3n) is 4.22. The number of rotatable bonds is 7. The van der Waals surface area contributed by atoms with Gasteiger partial charge in [0.05, 0.1) is 0 Å². The normalized spacial score (nSPS) is 13.3. The van der Waals surface area contributed by atoms with Gasteiger partial charge in [-0.1, -0.05) is 32.6 Å². The van der Waals surface area contributed by atoms with Crippen LogP contribution in [0.15, 0.2) is 41.5 Å². The van der Waals surface area contributed by atoms with Crippen LogP contribution in [-0.4, -0.2) is 0 Å². The molecule has 1 aromatic heterocycles. The smallest absolute Gasteiger partial charge is 0.0329 e. The highest BCUT2D eigenvalue weighted by Gasteiger charge is 2.10. The van der Waals surface area contributed by atoms with Crippen LogP contribution in [0.25, 0.3) is 11.6 Å². The summed E-state index contributed by atoms with van der Waals surface area (Å²) in [4.78, 5) is 2.63. The topological polar surface area (TPSA) is 0 Å². The number of allylic oxidation sites excluding steroid dienone is 5. The van der Waals surface area contributed by atoms with Gasteiger partial charge in [0.2, 0.25) is 0 Å². The zero-order valence-electron chi connectivity index (χ0n) is 16.0. The minimum absolute atomic E-state index is 0.717. The van der Waals surface area contributed by atoms with Crippen LogP contribution in [0, 0.1) is 12.8 Å². The molecule has 0 amide bonds. The van der Waals surface area contributed by atoms with Crippen molar-refractivity contribution < 1.29 is 0 Å². The molecule has 1 aromatic rings. The maximum atomic E-state index is 4.14. The van der Waals surface area contributed by atoms with Gasteiger partial charge in [-0.05, 0) is 93.4 Å². The molecule has 0 spiro atoms. The largest absolute Gasteiger partial charge is 0.136 e. The lowest BCUT2D eigenvalue weighted by molar-refractivity contribution is 0.585.